The summed E-state index contributed by atoms with van der Waals surface area (Å²) >= 11 is 0. The van der Waals surface area contributed by atoms with Crippen molar-refractivity contribution < 1.29 is 19.1 Å². The molecule has 1 heterocycles. The van der Waals surface area contributed by atoms with Crippen LogP contribution in [0.25, 0.3) is 0 Å². The zero-order chi connectivity index (χ0) is 13.3. The molecule has 0 unspecified atom stereocenters. The minimum atomic E-state index is -0.600. The van der Waals surface area contributed by atoms with Crippen molar-refractivity contribution in [1.29, 1.82) is 0 Å². The smallest absolute Gasteiger partial charge is 0.333 e. The first kappa shape index (κ1) is 12.8. The van der Waals surface area contributed by atoms with Crippen molar-refractivity contribution >= 4 is 17.8 Å². The van der Waals surface area contributed by atoms with Gasteiger partial charge in [0.2, 0.25) is 5.91 Å². The van der Waals surface area contributed by atoms with Crippen LogP contribution in [0.2, 0.25) is 0 Å². The molecule has 1 aliphatic carbocycles. The number of ether oxygens (including phenoxy) is 1. The molecular weight excluding hydrogens is 234 g/mol. The van der Waals surface area contributed by atoms with E-state index in [1.54, 1.807) is 0 Å². The average Bonchev–Trinajstić information content (AvgIpc) is 2.75. The van der Waals surface area contributed by atoms with Crippen molar-refractivity contribution in [2.45, 2.75) is 44.6 Å². The van der Waals surface area contributed by atoms with Gasteiger partial charge in [0.15, 0.2) is 6.61 Å². The van der Waals surface area contributed by atoms with Gasteiger partial charge in [0.05, 0.1) is 12.0 Å². The summed E-state index contributed by atoms with van der Waals surface area (Å²) in [5.41, 5.74) is -0.0302. The predicted molar refractivity (Wildman–Crippen MR) is 63.4 cm³/mol. The lowest BCUT2D eigenvalue weighted by atomic mass is 9.82. The number of likely N-dealkylation sites (tertiary alicyclic amines) is 1. The van der Waals surface area contributed by atoms with Crippen LogP contribution < -0.4 is 0 Å². The monoisotopic (exact) mass is 251 g/mol. The summed E-state index contributed by atoms with van der Waals surface area (Å²) < 4.78 is 4.79. The quantitative estimate of drug-likeness (QED) is 0.429. The summed E-state index contributed by atoms with van der Waals surface area (Å²) in [5, 5.41) is 0. The fourth-order valence-corrected chi connectivity index (χ4v) is 2.77. The predicted octanol–water partition coefficient (Wildman–Crippen LogP) is 1.18. The van der Waals surface area contributed by atoms with Gasteiger partial charge in [-0.15, -0.1) is 0 Å². The van der Waals surface area contributed by atoms with Crippen molar-refractivity contribution in [3.8, 4) is 0 Å². The molecule has 2 amide bonds. The van der Waals surface area contributed by atoms with E-state index >= 15 is 0 Å². The molecule has 2 rings (SSSR count). The number of hydrogen-bond donors (Lipinski definition) is 0. The number of carbonyl (C=O) groups excluding carboxylic acids is 3. The van der Waals surface area contributed by atoms with Crippen LogP contribution in [0.4, 0.5) is 0 Å². The number of rotatable bonds is 3. The Balaban J connectivity index is 1.94. The molecule has 1 saturated heterocycles. The molecule has 1 spiro atoms. The first-order chi connectivity index (χ1) is 8.46. The van der Waals surface area contributed by atoms with E-state index in [2.05, 4.69) is 6.58 Å². The van der Waals surface area contributed by atoms with Crippen LogP contribution in [0, 0.1) is 0 Å². The van der Waals surface area contributed by atoms with E-state index in [0.717, 1.165) is 25.7 Å². The van der Waals surface area contributed by atoms with E-state index in [-0.39, 0.29) is 23.6 Å². The molecule has 0 aromatic rings. The van der Waals surface area contributed by atoms with Crippen LogP contribution in [0.3, 0.4) is 0 Å². The number of hydrogen-bond acceptors (Lipinski definition) is 4. The van der Waals surface area contributed by atoms with E-state index in [1.807, 2.05) is 0 Å². The maximum atomic E-state index is 11.9. The van der Waals surface area contributed by atoms with Crippen LogP contribution in [-0.2, 0) is 19.1 Å². The molecule has 18 heavy (non-hydrogen) atoms. The van der Waals surface area contributed by atoms with Crippen molar-refractivity contribution in [3.05, 3.63) is 12.2 Å². The molecule has 0 aromatic heterocycles. The highest BCUT2D eigenvalue weighted by Crippen LogP contribution is 2.45. The topological polar surface area (TPSA) is 63.7 Å². The number of carbonyl (C=O) groups is 3. The molecule has 0 N–H and O–H groups in total. The minimum Gasteiger partial charge on any atom is -0.452 e. The second kappa shape index (κ2) is 4.55. The lowest BCUT2D eigenvalue weighted by Crippen LogP contribution is -2.65. The summed E-state index contributed by atoms with van der Waals surface area (Å²) in [5.74, 6) is -1.17. The molecule has 5 nitrogen and oxygen atoms in total. The standard InChI is InChI=1S/C13H17NO4/c1-9(2)12(17)18-8-11(16)14-10(15)7-13(14)5-3-4-6-13/h1,3-8H2,2H3. The van der Waals surface area contributed by atoms with Crippen molar-refractivity contribution in [1.82, 2.24) is 4.90 Å². The third-order valence-corrected chi connectivity index (χ3v) is 3.66. The lowest BCUT2D eigenvalue weighted by Gasteiger charge is -2.48. The lowest BCUT2D eigenvalue weighted by molar-refractivity contribution is -0.172. The highest BCUT2D eigenvalue weighted by atomic mass is 16.5. The summed E-state index contributed by atoms with van der Waals surface area (Å²) in [4.78, 5) is 36.0. The zero-order valence-corrected chi connectivity index (χ0v) is 10.5. The van der Waals surface area contributed by atoms with Crippen molar-refractivity contribution in [2.24, 2.45) is 0 Å². The van der Waals surface area contributed by atoms with E-state index in [1.165, 1.54) is 11.8 Å². The van der Waals surface area contributed by atoms with E-state index in [4.69, 9.17) is 4.74 Å². The highest BCUT2D eigenvalue weighted by molar-refractivity contribution is 6.03. The van der Waals surface area contributed by atoms with E-state index < -0.39 is 11.9 Å². The van der Waals surface area contributed by atoms with Crippen LogP contribution in [0.5, 0.6) is 0 Å². The second-order valence-corrected chi connectivity index (χ2v) is 5.09. The first-order valence-electron chi connectivity index (χ1n) is 6.15. The van der Waals surface area contributed by atoms with Gasteiger partial charge in [-0.2, -0.15) is 0 Å². The van der Waals surface area contributed by atoms with Crippen LogP contribution >= 0.6 is 0 Å². The Labute approximate surface area is 106 Å². The third kappa shape index (κ3) is 2.05. The Morgan fingerprint density at radius 1 is 1.39 bits per heavy atom. The maximum absolute atomic E-state index is 11.9. The third-order valence-electron chi connectivity index (χ3n) is 3.66. The summed E-state index contributed by atoms with van der Waals surface area (Å²) in [6.07, 6.45) is 4.29. The van der Waals surface area contributed by atoms with Gasteiger partial charge >= 0.3 is 5.97 Å². The summed E-state index contributed by atoms with van der Waals surface area (Å²) in [6, 6.07) is 0. The zero-order valence-electron chi connectivity index (χ0n) is 10.5. The number of imide groups is 1. The van der Waals surface area contributed by atoms with Crippen LogP contribution in [0.1, 0.15) is 39.0 Å². The molecule has 0 atom stereocenters. The fraction of sp³-hybridized carbons (Fsp3) is 0.615. The SMILES string of the molecule is C=C(C)C(=O)OCC(=O)N1C(=O)CC12CCCC2. The fourth-order valence-electron chi connectivity index (χ4n) is 2.77. The van der Waals surface area contributed by atoms with Gasteiger partial charge in [-0.25, -0.2) is 4.79 Å². The highest BCUT2D eigenvalue weighted by Gasteiger charge is 2.55. The van der Waals surface area contributed by atoms with Crippen molar-refractivity contribution in [2.75, 3.05) is 6.61 Å². The van der Waals surface area contributed by atoms with E-state index in [9.17, 15) is 14.4 Å². The molecule has 0 bridgehead atoms. The normalized spacial score (nSPS) is 20.7. The van der Waals surface area contributed by atoms with Gasteiger partial charge < -0.3 is 4.74 Å². The Morgan fingerprint density at radius 2 is 2.00 bits per heavy atom. The second-order valence-electron chi connectivity index (χ2n) is 5.09. The summed E-state index contributed by atoms with van der Waals surface area (Å²) in [7, 11) is 0. The van der Waals surface area contributed by atoms with Gasteiger partial charge in [-0.3, -0.25) is 14.5 Å². The Bertz CT molecular complexity index is 421. The molecule has 0 aromatic carbocycles. The largest absolute Gasteiger partial charge is 0.452 e. The molecule has 98 valence electrons. The average molecular weight is 251 g/mol. The summed E-state index contributed by atoms with van der Waals surface area (Å²) in [6.45, 7) is 4.57. The molecule has 5 heteroatoms. The van der Waals surface area contributed by atoms with Crippen molar-refractivity contribution in [3.63, 3.8) is 0 Å². The first-order valence-corrected chi connectivity index (χ1v) is 6.15. The molecule has 0 radical (unpaired) electrons. The molecule has 2 aliphatic rings. The number of nitrogens with zero attached hydrogens (tertiary/aromatic N) is 1. The molecule has 2 fully saturated rings. The Morgan fingerprint density at radius 3 is 2.50 bits per heavy atom. The van der Waals surface area contributed by atoms with Gasteiger partial charge in [0.25, 0.3) is 5.91 Å². The van der Waals surface area contributed by atoms with Gasteiger partial charge in [-0.05, 0) is 19.8 Å². The number of esters is 1. The molecule has 1 saturated carbocycles. The number of β-lactam (4-membered cyclic amide) rings is 1. The Kier molecular flexibility index (Phi) is 3.24. The van der Waals surface area contributed by atoms with Gasteiger partial charge in [0, 0.05) is 5.57 Å². The maximum Gasteiger partial charge on any atom is 0.333 e. The van der Waals surface area contributed by atoms with E-state index in [0.29, 0.717) is 6.42 Å². The van der Waals surface area contributed by atoms with Gasteiger partial charge in [-0.1, -0.05) is 19.4 Å². The molecule has 1 aliphatic heterocycles. The van der Waals surface area contributed by atoms with Crippen LogP contribution in [-0.4, -0.2) is 34.8 Å². The Hall–Kier alpha value is -1.65. The molecular formula is C13H17NO4. The minimum absolute atomic E-state index is 0.159. The van der Waals surface area contributed by atoms with Crippen LogP contribution in [0.15, 0.2) is 12.2 Å². The number of amides is 2. The van der Waals surface area contributed by atoms with Gasteiger partial charge in [0.1, 0.15) is 0 Å².